The summed E-state index contributed by atoms with van der Waals surface area (Å²) in [6.07, 6.45) is 1.65. The van der Waals surface area contributed by atoms with E-state index < -0.39 is 0 Å². The van der Waals surface area contributed by atoms with E-state index in [2.05, 4.69) is 11.8 Å². The van der Waals surface area contributed by atoms with Crippen molar-refractivity contribution in [2.45, 2.75) is 20.0 Å². The molecular weight excluding hydrogens is 231 g/mol. The van der Waals surface area contributed by atoms with E-state index in [1.54, 1.807) is 18.4 Å². The molecule has 0 atom stereocenters. The molecular formula is C14H17FN2O. The molecule has 0 aliphatic rings. The van der Waals surface area contributed by atoms with Gasteiger partial charge >= 0.3 is 0 Å². The first-order valence-corrected chi connectivity index (χ1v) is 6.00. The monoisotopic (exact) mass is 248 g/mol. The van der Waals surface area contributed by atoms with Gasteiger partial charge in [0.05, 0.1) is 12.8 Å². The standard InChI is InChI=1S/C14H17FN2O/c1-2-17(13-5-3-12(15)4-6-13)10-14-11(9-16)7-8-18-14/h3-8H,2,9-10,16H2,1H3. The summed E-state index contributed by atoms with van der Waals surface area (Å²) >= 11 is 0. The van der Waals surface area contributed by atoms with Crippen LogP contribution in [0.5, 0.6) is 0 Å². The number of nitrogens with zero attached hydrogens (tertiary/aromatic N) is 1. The smallest absolute Gasteiger partial charge is 0.127 e. The summed E-state index contributed by atoms with van der Waals surface area (Å²) in [7, 11) is 0. The van der Waals surface area contributed by atoms with Gasteiger partial charge in [0.1, 0.15) is 11.6 Å². The second kappa shape index (κ2) is 5.69. The summed E-state index contributed by atoms with van der Waals surface area (Å²) < 4.78 is 18.3. The van der Waals surface area contributed by atoms with E-state index in [4.69, 9.17) is 10.2 Å². The first-order chi connectivity index (χ1) is 8.74. The summed E-state index contributed by atoms with van der Waals surface area (Å²) in [6.45, 7) is 3.97. The third kappa shape index (κ3) is 2.71. The van der Waals surface area contributed by atoms with Crippen molar-refractivity contribution < 1.29 is 8.81 Å². The Morgan fingerprint density at radius 2 is 1.94 bits per heavy atom. The van der Waals surface area contributed by atoms with Crippen LogP contribution >= 0.6 is 0 Å². The number of rotatable bonds is 5. The molecule has 0 fully saturated rings. The molecule has 0 aliphatic heterocycles. The van der Waals surface area contributed by atoms with Crippen LogP contribution in [0.2, 0.25) is 0 Å². The maximum atomic E-state index is 12.9. The average Bonchev–Trinajstić information content (AvgIpc) is 2.84. The minimum absolute atomic E-state index is 0.226. The van der Waals surface area contributed by atoms with Crippen LogP contribution < -0.4 is 10.6 Å². The van der Waals surface area contributed by atoms with Crippen molar-refractivity contribution in [2.24, 2.45) is 5.73 Å². The number of hydrogen-bond donors (Lipinski definition) is 1. The zero-order valence-electron chi connectivity index (χ0n) is 10.4. The zero-order chi connectivity index (χ0) is 13.0. The molecule has 0 spiro atoms. The Bertz CT molecular complexity index is 493. The van der Waals surface area contributed by atoms with Crippen LogP contribution in [0.1, 0.15) is 18.2 Å². The Labute approximate surface area is 106 Å². The van der Waals surface area contributed by atoms with E-state index in [1.165, 1.54) is 12.1 Å². The highest BCUT2D eigenvalue weighted by Crippen LogP contribution is 2.19. The third-order valence-electron chi connectivity index (χ3n) is 2.97. The Morgan fingerprint density at radius 1 is 1.22 bits per heavy atom. The van der Waals surface area contributed by atoms with Gasteiger partial charge in [-0.2, -0.15) is 0 Å². The fourth-order valence-electron chi connectivity index (χ4n) is 1.90. The summed E-state index contributed by atoms with van der Waals surface area (Å²) in [4.78, 5) is 2.11. The molecule has 3 nitrogen and oxygen atoms in total. The van der Waals surface area contributed by atoms with Crippen LogP contribution in [-0.4, -0.2) is 6.54 Å². The Hall–Kier alpha value is -1.81. The predicted molar refractivity (Wildman–Crippen MR) is 69.7 cm³/mol. The average molecular weight is 248 g/mol. The number of hydrogen-bond acceptors (Lipinski definition) is 3. The van der Waals surface area contributed by atoms with Gasteiger partial charge in [-0.05, 0) is 37.3 Å². The molecule has 1 aromatic heterocycles. The van der Waals surface area contributed by atoms with Crippen LogP contribution in [0.25, 0.3) is 0 Å². The Balaban J connectivity index is 2.17. The van der Waals surface area contributed by atoms with Gasteiger partial charge in [0, 0.05) is 24.3 Å². The first kappa shape index (κ1) is 12.6. The molecule has 2 aromatic rings. The van der Waals surface area contributed by atoms with E-state index in [-0.39, 0.29) is 5.82 Å². The Morgan fingerprint density at radius 3 is 2.56 bits per heavy atom. The molecule has 18 heavy (non-hydrogen) atoms. The molecule has 96 valence electrons. The van der Waals surface area contributed by atoms with Crippen molar-refractivity contribution >= 4 is 5.69 Å². The normalized spacial score (nSPS) is 10.6. The molecule has 0 saturated heterocycles. The van der Waals surface area contributed by atoms with E-state index >= 15 is 0 Å². The quantitative estimate of drug-likeness (QED) is 0.884. The van der Waals surface area contributed by atoms with Crippen LogP contribution in [0.15, 0.2) is 41.0 Å². The highest BCUT2D eigenvalue weighted by molar-refractivity contribution is 5.46. The van der Waals surface area contributed by atoms with Gasteiger partial charge in [-0.1, -0.05) is 0 Å². The molecule has 0 bridgehead atoms. The van der Waals surface area contributed by atoms with Gasteiger partial charge in [-0.15, -0.1) is 0 Å². The van der Waals surface area contributed by atoms with Gasteiger partial charge in [0.25, 0.3) is 0 Å². The molecule has 4 heteroatoms. The first-order valence-electron chi connectivity index (χ1n) is 6.00. The second-order valence-corrected chi connectivity index (χ2v) is 4.06. The van der Waals surface area contributed by atoms with Crippen molar-refractivity contribution in [1.29, 1.82) is 0 Å². The maximum Gasteiger partial charge on any atom is 0.127 e. The van der Waals surface area contributed by atoms with Gasteiger partial charge in [-0.25, -0.2) is 4.39 Å². The lowest BCUT2D eigenvalue weighted by atomic mass is 10.2. The second-order valence-electron chi connectivity index (χ2n) is 4.06. The van der Waals surface area contributed by atoms with Crippen LogP contribution in [0.4, 0.5) is 10.1 Å². The molecule has 0 unspecified atom stereocenters. The summed E-state index contributed by atoms with van der Waals surface area (Å²) in [5.74, 6) is 0.638. The minimum Gasteiger partial charge on any atom is -0.467 e. The van der Waals surface area contributed by atoms with Crippen molar-refractivity contribution in [1.82, 2.24) is 0 Å². The fraction of sp³-hybridized carbons (Fsp3) is 0.286. The topological polar surface area (TPSA) is 42.4 Å². The number of halogens is 1. The van der Waals surface area contributed by atoms with Crippen molar-refractivity contribution in [3.8, 4) is 0 Å². The third-order valence-corrected chi connectivity index (χ3v) is 2.97. The van der Waals surface area contributed by atoms with Gasteiger partial charge in [0.2, 0.25) is 0 Å². The molecule has 2 rings (SSSR count). The van der Waals surface area contributed by atoms with Crippen LogP contribution in [0, 0.1) is 5.82 Å². The molecule has 0 saturated carbocycles. The summed E-state index contributed by atoms with van der Waals surface area (Å²) in [5, 5.41) is 0. The van der Waals surface area contributed by atoms with E-state index in [0.29, 0.717) is 13.1 Å². The molecule has 1 aromatic carbocycles. The number of nitrogens with two attached hydrogens (primary N) is 1. The van der Waals surface area contributed by atoms with Crippen LogP contribution in [-0.2, 0) is 13.1 Å². The molecule has 2 N–H and O–H groups in total. The molecule has 1 heterocycles. The van der Waals surface area contributed by atoms with Crippen molar-refractivity contribution in [3.63, 3.8) is 0 Å². The largest absolute Gasteiger partial charge is 0.467 e. The Kier molecular flexibility index (Phi) is 3.99. The van der Waals surface area contributed by atoms with Gasteiger partial charge < -0.3 is 15.1 Å². The lowest BCUT2D eigenvalue weighted by molar-refractivity contribution is 0.499. The van der Waals surface area contributed by atoms with Crippen molar-refractivity contribution in [3.05, 3.63) is 53.7 Å². The van der Waals surface area contributed by atoms with Crippen molar-refractivity contribution in [2.75, 3.05) is 11.4 Å². The SMILES string of the molecule is CCN(Cc1occc1CN)c1ccc(F)cc1. The highest BCUT2D eigenvalue weighted by atomic mass is 19.1. The molecule has 0 aliphatic carbocycles. The highest BCUT2D eigenvalue weighted by Gasteiger charge is 2.10. The fourth-order valence-corrected chi connectivity index (χ4v) is 1.90. The molecule has 0 radical (unpaired) electrons. The maximum absolute atomic E-state index is 12.9. The summed E-state index contributed by atoms with van der Waals surface area (Å²) in [6, 6.07) is 8.34. The molecule has 0 amide bonds. The van der Waals surface area contributed by atoms with Gasteiger partial charge in [0.15, 0.2) is 0 Å². The van der Waals surface area contributed by atoms with E-state index in [9.17, 15) is 4.39 Å². The number of anilines is 1. The zero-order valence-corrected chi connectivity index (χ0v) is 10.4. The van der Waals surface area contributed by atoms with E-state index in [0.717, 1.165) is 23.6 Å². The summed E-state index contributed by atoms with van der Waals surface area (Å²) in [5.41, 5.74) is 7.62. The predicted octanol–water partition coefficient (Wildman–Crippen LogP) is 2.90. The van der Waals surface area contributed by atoms with Crippen LogP contribution in [0.3, 0.4) is 0 Å². The number of benzene rings is 1. The lowest BCUT2D eigenvalue weighted by Crippen LogP contribution is -2.22. The minimum atomic E-state index is -0.226. The van der Waals surface area contributed by atoms with Gasteiger partial charge in [-0.3, -0.25) is 0 Å². The number of furan rings is 1. The lowest BCUT2D eigenvalue weighted by Gasteiger charge is -2.22. The van der Waals surface area contributed by atoms with E-state index in [1.807, 2.05) is 6.07 Å².